The van der Waals surface area contributed by atoms with Crippen LogP contribution in [0.4, 0.5) is 0 Å². The summed E-state index contributed by atoms with van der Waals surface area (Å²) < 4.78 is 11.9. The number of thiophene rings is 3. The van der Waals surface area contributed by atoms with Crippen LogP contribution in [0.3, 0.4) is 0 Å². The lowest BCUT2D eigenvalue weighted by Crippen LogP contribution is -2.29. The maximum absolute atomic E-state index is 9.31. The van der Waals surface area contributed by atoms with Crippen LogP contribution < -0.4 is 5.46 Å². The average Bonchev–Trinajstić information content (AvgIpc) is 1.58. The third-order valence-corrected chi connectivity index (χ3v) is 27.1. The highest BCUT2D eigenvalue weighted by Crippen LogP contribution is 2.47. The first-order valence-corrected chi connectivity index (χ1v) is 43.8. The largest absolute Gasteiger partial charge is 0.489 e. The van der Waals surface area contributed by atoms with Gasteiger partial charge < -0.3 is 10.0 Å². The van der Waals surface area contributed by atoms with Crippen molar-refractivity contribution in [1.29, 1.82) is 0 Å². The van der Waals surface area contributed by atoms with Gasteiger partial charge >= 0.3 is 7.12 Å². The molecule has 6 aromatic heterocycles. The molecule has 2 aliphatic carbocycles. The summed E-state index contributed by atoms with van der Waals surface area (Å²) in [6, 6.07) is 141. The Bertz CT molecular complexity index is 7460. The molecule has 2 aliphatic rings. The van der Waals surface area contributed by atoms with Crippen LogP contribution in [0.5, 0.6) is 0 Å². The first-order chi connectivity index (χ1) is 58.6. The van der Waals surface area contributed by atoms with Gasteiger partial charge in [-0.1, -0.05) is 337 Å². The Balaban J connectivity index is 0.000000103. The molecule has 0 atom stereocenters. The molecule has 0 unspecified atom stereocenters. The maximum atomic E-state index is 9.31. The van der Waals surface area contributed by atoms with E-state index in [9.17, 15) is 10.0 Å². The normalized spacial score (nSPS) is 11.6. The van der Waals surface area contributed by atoms with Crippen LogP contribution in [0, 0.1) is 0 Å². The summed E-state index contributed by atoms with van der Waals surface area (Å²) in [7, 11) is -1.41. The molecule has 566 valence electrons. The van der Waals surface area contributed by atoms with E-state index in [0.717, 1.165) is 76.9 Å². The molecular weight excluding hydrogens is 1640 g/mol. The summed E-state index contributed by atoms with van der Waals surface area (Å²) in [6.07, 6.45) is 2.14. The zero-order valence-corrected chi connectivity index (χ0v) is 69.9. The van der Waals surface area contributed by atoms with Crippen LogP contribution in [0.25, 0.3) is 177 Å². The summed E-state index contributed by atoms with van der Waals surface area (Å²) >= 11 is 12.4. The number of halogens is 2. The predicted molar refractivity (Wildman–Crippen MR) is 515 cm³/mol. The summed E-state index contributed by atoms with van der Waals surface area (Å²) in [4.78, 5) is 9.83. The van der Waals surface area contributed by atoms with Gasteiger partial charge in [-0.15, -0.1) is 34.0 Å². The van der Waals surface area contributed by atoms with E-state index < -0.39 is 7.12 Å². The van der Waals surface area contributed by atoms with Crippen molar-refractivity contribution in [2.75, 3.05) is 0 Å². The smallest absolute Gasteiger partial charge is 0.423 e. The minimum atomic E-state index is -1.41. The van der Waals surface area contributed by atoms with Crippen molar-refractivity contribution in [3.8, 4) is 95.1 Å². The van der Waals surface area contributed by atoms with Crippen LogP contribution in [-0.2, 0) is 12.8 Å². The molecule has 0 amide bonds. The van der Waals surface area contributed by atoms with E-state index >= 15 is 0 Å². The van der Waals surface area contributed by atoms with E-state index in [4.69, 9.17) is 4.98 Å². The lowest BCUT2D eigenvalue weighted by atomic mass is 9.80. The van der Waals surface area contributed by atoms with Gasteiger partial charge in [-0.25, -0.2) is 9.97 Å². The van der Waals surface area contributed by atoms with Crippen molar-refractivity contribution in [2.45, 2.75) is 12.8 Å². The highest BCUT2D eigenvalue weighted by atomic mass is 79.9. The fourth-order valence-electron chi connectivity index (χ4n) is 16.9. The first kappa shape index (κ1) is 75.0. The van der Waals surface area contributed by atoms with Crippen molar-refractivity contribution >= 4 is 161 Å². The number of aromatic nitrogens is 3. The lowest BCUT2D eigenvalue weighted by Gasteiger charge is -2.13. The summed E-state index contributed by atoms with van der Waals surface area (Å²) in [5.41, 5.74) is 28.2. The highest BCUT2D eigenvalue weighted by Gasteiger charge is 2.24. The molecule has 0 bridgehead atoms. The van der Waals surface area contributed by atoms with Crippen LogP contribution in [0.15, 0.2) is 409 Å². The number of hydrogen-bond acceptors (Lipinski definition) is 7. The first-order valence-electron chi connectivity index (χ1n) is 39.7. The molecular formula is C108H72BBr2N3O2S3. The van der Waals surface area contributed by atoms with Gasteiger partial charge in [0.1, 0.15) is 10.4 Å². The van der Waals surface area contributed by atoms with Crippen molar-refractivity contribution in [2.24, 2.45) is 0 Å². The second-order valence-electron chi connectivity index (χ2n) is 29.8. The van der Waals surface area contributed by atoms with Gasteiger partial charge in [-0.3, -0.25) is 4.57 Å². The van der Waals surface area contributed by atoms with Gasteiger partial charge in [0, 0.05) is 81.5 Å². The van der Waals surface area contributed by atoms with Crippen molar-refractivity contribution < 1.29 is 10.0 Å². The molecule has 6 heterocycles. The van der Waals surface area contributed by atoms with Crippen molar-refractivity contribution in [1.82, 2.24) is 14.5 Å². The van der Waals surface area contributed by atoms with Gasteiger partial charge in [0.25, 0.3) is 0 Å². The predicted octanol–water partition coefficient (Wildman–Crippen LogP) is 29.8. The Kier molecular flexibility index (Phi) is 20.8. The second-order valence-corrected chi connectivity index (χ2v) is 34.7. The highest BCUT2D eigenvalue weighted by molar-refractivity contribution is 9.10. The number of nitrogens with zero attached hydrogens (tertiary/aromatic N) is 3. The molecule has 119 heavy (non-hydrogen) atoms. The van der Waals surface area contributed by atoms with Gasteiger partial charge in [0.05, 0.1) is 22.4 Å². The molecule has 0 saturated heterocycles. The summed E-state index contributed by atoms with van der Waals surface area (Å²) in [6.45, 7) is 0. The molecule has 11 heteroatoms. The molecule has 0 saturated carbocycles. The van der Waals surface area contributed by atoms with Gasteiger partial charge in [0.2, 0.25) is 0 Å². The monoisotopic (exact) mass is 1710 g/mol. The van der Waals surface area contributed by atoms with Crippen LogP contribution in [0.2, 0.25) is 0 Å². The van der Waals surface area contributed by atoms with E-state index in [-0.39, 0.29) is 0 Å². The van der Waals surface area contributed by atoms with Crippen LogP contribution in [0.1, 0.15) is 22.3 Å². The third kappa shape index (κ3) is 14.9. The fraction of sp³-hybridized carbons (Fsp3) is 0.0185. The number of pyridine rings is 2. The minimum Gasteiger partial charge on any atom is -0.423 e. The Morgan fingerprint density at radius 1 is 0.261 bits per heavy atom. The zero-order valence-electron chi connectivity index (χ0n) is 64.3. The molecule has 24 rings (SSSR count). The number of hydrogen-bond donors (Lipinski definition) is 2. The second kappa shape index (κ2) is 33.0. The Morgan fingerprint density at radius 3 is 1.21 bits per heavy atom. The molecule has 0 radical (unpaired) electrons. The lowest BCUT2D eigenvalue weighted by molar-refractivity contribution is 0.426. The Labute approximate surface area is 718 Å². The number of para-hydroxylation sites is 1. The topological polar surface area (TPSA) is 71.2 Å². The van der Waals surface area contributed by atoms with E-state index in [1.165, 1.54) is 145 Å². The van der Waals surface area contributed by atoms with Gasteiger partial charge in [-0.2, -0.15) is 0 Å². The maximum Gasteiger partial charge on any atom is 0.489 e. The third-order valence-electron chi connectivity index (χ3n) is 22.6. The average molecular weight is 1710 g/mol. The standard InChI is InChI=1S/C41H26N2S.C25H16S.C17H12BrN.C13H9Br.C12H9BO2S/c1-3-12-27(13-4-1)30-25-36(28-14-5-2-6-15-28)42-40(26-30)43-37-20-9-7-16-32(37)35-24-29(22-23-38(35)43)31-18-11-19-34-33-17-8-10-21-39(33)44-41(31)34;1-2-7-19-16(6-1)14-17-12-13-18(15-23(17)19)20-9-5-10-22-21-8-3-4-11-24(21)26-25(20)22;18-17-12-15(13-7-3-1-4-8-13)11-16(19-17)14-9-5-2-6-10-14;14-11-6-5-10-7-9-3-1-2-4-12(9)13(10)8-11;14-13(15)10-6-3-5-9-8-4-1-2-7-11(8)16-12(9)10/h1-26H;1-13,15H,14H2;1-12H;1-6,8H,7H2;1-7,14-15H. The van der Waals surface area contributed by atoms with Gasteiger partial charge in [-0.05, 0) is 207 Å². The molecule has 0 aliphatic heterocycles. The molecule has 0 fully saturated rings. The number of rotatable bonds is 8. The summed E-state index contributed by atoms with van der Waals surface area (Å²) in [5.74, 6) is 0.913. The van der Waals surface area contributed by atoms with Crippen LogP contribution in [-0.4, -0.2) is 31.7 Å². The zero-order chi connectivity index (χ0) is 79.9. The van der Waals surface area contributed by atoms with E-state index in [1.807, 2.05) is 95.5 Å². The Morgan fingerprint density at radius 2 is 0.655 bits per heavy atom. The molecule has 2 N–H and O–H groups in total. The van der Waals surface area contributed by atoms with E-state index in [2.05, 4.69) is 363 Å². The minimum absolute atomic E-state index is 0.582. The molecule has 16 aromatic carbocycles. The fourth-order valence-corrected chi connectivity index (χ4v) is 21.4. The Hall–Kier alpha value is -12.8. The number of benzene rings is 16. The van der Waals surface area contributed by atoms with Crippen LogP contribution >= 0.6 is 65.9 Å². The molecule has 22 aromatic rings. The SMILES string of the molecule is Brc1cc(-c2ccccc2)cc(-c2ccccc2)n1.Brc1ccc2c(c1)-c1ccccc1C2.OB(O)c1cccc2c1sc1ccccc12.c1ccc(-c2cc(-c3ccccc3)nc(-n3c4ccccc4c4cc(-c5cccc6c5sc5ccccc56)ccc43)c2)cc1.c1ccc2c(c1)Cc1ccc(-c3cccc4c3sc3ccccc34)cc1-2. The number of fused-ring (bicyclic) bond motifs is 18. The molecule has 0 spiro atoms. The summed E-state index contributed by atoms with van der Waals surface area (Å²) in [5, 5.41) is 28.7. The molecule has 5 nitrogen and oxygen atoms in total. The van der Waals surface area contributed by atoms with Gasteiger partial charge in [0.15, 0.2) is 0 Å². The van der Waals surface area contributed by atoms with Crippen molar-refractivity contribution in [3.05, 3.63) is 432 Å². The van der Waals surface area contributed by atoms with E-state index in [0.29, 0.717) is 5.46 Å². The van der Waals surface area contributed by atoms with E-state index in [1.54, 1.807) is 17.4 Å². The van der Waals surface area contributed by atoms with Crippen molar-refractivity contribution in [3.63, 3.8) is 0 Å². The quantitative estimate of drug-likeness (QED) is 0.117.